The summed E-state index contributed by atoms with van der Waals surface area (Å²) in [5, 5.41) is 0. The summed E-state index contributed by atoms with van der Waals surface area (Å²) in [6.07, 6.45) is 6.36. The minimum atomic E-state index is 0.209. The van der Waals surface area contributed by atoms with Crippen LogP contribution >= 0.6 is 0 Å². The largest absolute Gasteiger partial charge is 0.454 e. The number of fused-ring (bicyclic) bond motifs is 1. The first kappa shape index (κ1) is 17.0. The van der Waals surface area contributed by atoms with Crippen molar-refractivity contribution in [3.8, 4) is 11.5 Å². The topological polar surface area (TPSA) is 38.8 Å². The Bertz CT molecular complexity index is 753. The summed E-state index contributed by atoms with van der Waals surface area (Å²) in [7, 11) is 0. The lowest BCUT2D eigenvalue weighted by atomic mass is 9.93. The first-order valence-electron chi connectivity index (χ1n) is 9.51. The molecular formula is C22H25NO3. The van der Waals surface area contributed by atoms with Crippen molar-refractivity contribution >= 4 is 5.91 Å². The quantitative estimate of drug-likeness (QED) is 0.805. The van der Waals surface area contributed by atoms with Crippen LogP contribution in [0.1, 0.15) is 43.2 Å². The number of rotatable bonds is 5. The summed E-state index contributed by atoms with van der Waals surface area (Å²) < 4.78 is 10.9. The van der Waals surface area contributed by atoms with Crippen molar-refractivity contribution in [2.24, 2.45) is 0 Å². The third-order valence-corrected chi connectivity index (χ3v) is 5.32. The van der Waals surface area contributed by atoms with Gasteiger partial charge in [-0.2, -0.15) is 0 Å². The van der Waals surface area contributed by atoms with Gasteiger partial charge in [-0.3, -0.25) is 4.79 Å². The standard InChI is InChI=1S/C22H25NO3/c24-22(14-17-7-3-1-4-8-17)23(19-9-5-2-6-10-19)15-18-11-12-20-21(13-18)26-16-25-20/h1,3-4,7-8,11-13,19H,2,5-6,9-10,14-16H2. The molecule has 4 heteroatoms. The van der Waals surface area contributed by atoms with E-state index in [-0.39, 0.29) is 12.7 Å². The van der Waals surface area contributed by atoms with E-state index in [2.05, 4.69) is 4.90 Å². The SMILES string of the molecule is O=C(Cc1ccccc1)N(Cc1ccc2c(c1)OCO2)C1CCCCC1. The van der Waals surface area contributed by atoms with Gasteiger partial charge >= 0.3 is 0 Å². The average molecular weight is 351 g/mol. The molecule has 0 aromatic heterocycles. The number of carbonyl (C=O) groups is 1. The number of benzene rings is 2. The highest BCUT2D eigenvalue weighted by Crippen LogP contribution is 2.33. The molecule has 0 unspecified atom stereocenters. The second-order valence-electron chi connectivity index (χ2n) is 7.16. The summed E-state index contributed by atoms with van der Waals surface area (Å²) in [6, 6.07) is 16.3. The zero-order valence-corrected chi connectivity index (χ0v) is 15.0. The third-order valence-electron chi connectivity index (χ3n) is 5.32. The molecule has 4 nitrogen and oxygen atoms in total. The van der Waals surface area contributed by atoms with Gasteiger partial charge in [0.2, 0.25) is 12.7 Å². The van der Waals surface area contributed by atoms with Crippen molar-refractivity contribution in [1.82, 2.24) is 4.90 Å². The molecule has 2 aromatic carbocycles. The van der Waals surface area contributed by atoms with E-state index in [4.69, 9.17) is 9.47 Å². The molecule has 1 amide bonds. The molecular weight excluding hydrogens is 326 g/mol. The molecule has 0 spiro atoms. The predicted octanol–water partition coefficient (Wildman–Crippen LogP) is 4.32. The highest BCUT2D eigenvalue weighted by Gasteiger charge is 2.26. The van der Waals surface area contributed by atoms with Gasteiger partial charge in [0.05, 0.1) is 6.42 Å². The van der Waals surface area contributed by atoms with Gasteiger partial charge in [-0.1, -0.05) is 55.7 Å². The van der Waals surface area contributed by atoms with Crippen LogP contribution in [0.2, 0.25) is 0 Å². The van der Waals surface area contributed by atoms with Crippen LogP contribution in [0.5, 0.6) is 11.5 Å². The van der Waals surface area contributed by atoms with E-state index in [9.17, 15) is 4.79 Å². The number of carbonyl (C=O) groups excluding carboxylic acids is 1. The van der Waals surface area contributed by atoms with Gasteiger partial charge < -0.3 is 14.4 Å². The van der Waals surface area contributed by atoms with Crippen molar-refractivity contribution in [1.29, 1.82) is 0 Å². The lowest BCUT2D eigenvalue weighted by Gasteiger charge is -2.34. The smallest absolute Gasteiger partial charge is 0.231 e. The van der Waals surface area contributed by atoms with Crippen LogP contribution in [0, 0.1) is 0 Å². The fourth-order valence-electron chi connectivity index (χ4n) is 3.92. The van der Waals surface area contributed by atoms with Gasteiger partial charge in [0.25, 0.3) is 0 Å². The monoisotopic (exact) mass is 351 g/mol. The van der Waals surface area contributed by atoms with Gasteiger partial charge in [-0.15, -0.1) is 0 Å². The first-order valence-corrected chi connectivity index (χ1v) is 9.51. The summed E-state index contributed by atoms with van der Waals surface area (Å²) in [5.41, 5.74) is 2.17. The van der Waals surface area contributed by atoms with E-state index in [1.54, 1.807) is 0 Å². The summed E-state index contributed by atoms with van der Waals surface area (Å²) in [5.74, 6) is 1.77. The molecule has 1 fully saturated rings. The molecule has 136 valence electrons. The zero-order chi connectivity index (χ0) is 17.8. The summed E-state index contributed by atoms with van der Waals surface area (Å²) in [4.78, 5) is 15.2. The molecule has 0 saturated heterocycles. The minimum Gasteiger partial charge on any atom is -0.454 e. The molecule has 2 aromatic rings. The minimum absolute atomic E-state index is 0.209. The molecule has 1 aliphatic heterocycles. The van der Waals surface area contributed by atoms with E-state index in [1.165, 1.54) is 19.3 Å². The molecule has 1 aliphatic carbocycles. The van der Waals surface area contributed by atoms with E-state index in [1.807, 2.05) is 48.5 Å². The summed E-state index contributed by atoms with van der Waals surface area (Å²) >= 11 is 0. The van der Waals surface area contributed by atoms with Crippen molar-refractivity contribution < 1.29 is 14.3 Å². The van der Waals surface area contributed by atoms with Crippen LogP contribution in [-0.4, -0.2) is 23.6 Å². The number of amides is 1. The molecule has 0 bridgehead atoms. The van der Waals surface area contributed by atoms with Gasteiger partial charge in [-0.25, -0.2) is 0 Å². The van der Waals surface area contributed by atoms with Gasteiger partial charge in [-0.05, 0) is 36.1 Å². The van der Waals surface area contributed by atoms with Crippen LogP contribution < -0.4 is 9.47 Å². The second kappa shape index (κ2) is 7.81. The Labute approximate surface area is 154 Å². The maximum atomic E-state index is 13.1. The fourth-order valence-corrected chi connectivity index (χ4v) is 3.92. The Morgan fingerprint density at radius 1 is 0.923 bits per heavy atom. The van der Waals surface area contributed by atoms with E-state index in [0.717, 1.165) is 35.5 Å². The average Bonchev–Trinajstić information content (AvgIpc) is 3.15. The number of ether oxygens (including phenoxy) is 2. The Hall–Kier alpha value is -2.49. The molecule has 4 rings (SSSR count). The molecule has 0 atom stereocenters. The Balaban J connectivity index is 1.53. The van der Waals surface area contributed by atoms with E-state index < -0.39 is 0 Å². The second-order valence-corrected chi connectivity index (χ2v) is 7.16. The number of hydrogen-bond acceptors (Lipinski definition) is 3. The van der Waals surface area contributed by atoms with Crippen LogP contribution in [0.15, 0.2) is 48.5 Å². The van der Waals surface area contributed by atoms with Crippen LogP contribution in [-0.2, 0) is 17.8 Å². The van der Waals surface area contributed by atoms with Crippen molar-refractivity contribution in [2.75, 3.05) is 6.79 Å². The Kier molecular flexibility index (Phi) is 5.09. The highest BCUT2D eigenvalue weighted by molar-refractivity contribution is 5.79. The number of nitrogens with zero attached hydrogens (tertiary/aromatic N) is 1. The fraction of sp³-hybridized carbons (Fsp3) is 0.409. The van der Waals surface area contributed by atoms with Crippen molar-refractivity contribution in [3.05, 3.63) is 59.7 Å². The van der Waals surface area contributed by atoms with Crippen LogP contribution in [0.3, 0.4) is 0 Å². The summed E-state index contributed by atoms with van der Waals surface area (Å²) in [6.45, 7) is 0.908. The van der Waals surface area contributed by atoms with E-state index in [0.29, 0.717) is 19.0 Å². The maximum Gasteiger partial charge on any atom is 0.231 e. The maximum absolute atomic E-state index is 13.1. The van der Waals surface area contributed by atoms with Crippen molar-refractivity contribution in [2.45, 2.75) is 51.1 Å². The predicted molar refractivity (Wildman–Crippen MR) is 100 cm³/mol. The molecule has 26 heavy (non-hydrogen) atoms. The normalized spacial score (nSPS) is 16.5. The lowest BCUT2D eigenvalue weighted by molar-refractivity contribution is -0.134. The first-order chi connectivity index (χ1) is 12.8. The van der Waals surface area contributed by atoms with Crippen LogP contribution in [0.25, 0.3) is 0 Å². The molecule has 1 heterocycles. The Morgan fingerprint density at radius 3 is 2.50 bits per heavy atom. The van der Waals surface area contributed by atoms with Gasteiger partial charge in [0, 0.05) is 12.6 Å². The van der Waals surface area contributed by atoms with E-state index >= 15 is 0 Å². The third kappa shape index (κ3) is 3.85. The number of hydrogen-bond donors (Lipinski definition) is 0. The molecule has 1 saturated carbocycles. The zero-order valence-electron chi connectivity index (χ0n) is 15.0. The van der Waals surface area contributed by atoms with Crippen LogP contribution in [0.4, 0.5) is 0 Å². The Morgan fingerprint density at radius 2 is 1.69 bits per heavy atom. The van der Waals surface area contributed by atoms with Crippen molar-refractivity contribution in [3.63, 3.8) is 0 Å². The molecule has 0 radical (unpaired) electrons. The lowest BCUT2D eigenvalue weighted by Crippen LogP contribution is -2.41. The van der Waals surface area contributed by atoms with Gasteiger partial charge in [0.1, 0.15) is 0 Å². The molecule has 2 aliphatic rings. The highest BCUT2D eigenvalue weighted by atomic mass is 16.7. The van der Waals surface area contributed by atoms with Gasteiger partial charge in [0.15, 0.2) is 11.5 Å². The molecule has 0 N–H and O–H groups in total.